The van der Waals surface area contributed by atoms with E-state index in [0.717, 1.165) is 20.4 Å². The molecule has 0 bridgehead atoms. The van der Waals surface area contributed by atoms with Gasteiger partial charge in [-0.3, -0.25) is 20.2 Å². The van der Waals surface area contributed by atoms with Gasteiger partial charge in [0.15, 0.2) is 10.3 Å². The Labute approximate surface area is 207 Å². The number of nitrogen functional groups attached to an aromatic ring is 2. The first-order valence-electron chi connectivity index (χ1n) is 9.92. The summed E-state index contributed by atoms with van der Waals surface area (Å²) < 4.78 is 2.66. The van der Waals surface area contributed by atoms with Crippen LogP contribution in [0.25, 0.3) is 29.8 Å². The number of thiazole rings is 2. The summed E-state index contributed by atoms with van der Waals surface area (Å²) in [4.78, 5) is 35.3. The molecule has 0 saturated heterocycles. The van der Waals surface area contributed by atoms with Crippen molar-refractivity contribution in [2.75, 3.05) is 22.1 Å². The lowest BCUT2D eigenvalue weighted by molar-refractivity contribution is 0.102. The quantitative estimate of drug-likeness (QED) is 0.229. The van der Waals surface area contributed by atoms with E-state index < -0.39 is 0 Å². The van der Waals surface area contributed by atoms with Gasteiger partial charge in [-0.15, -0.1) is 22.7 Å². The number of hydrogen-bond acceptors (Lipinski definition) is 10. The van der Waals surface area contributed by atoms with E-state index >= 15 is 0 Å². The number of thiophene rings is 2. The number of aromatic nitrogens is 2. The van der Waals surface area contributed by atoms with Crippen LogP contribution in [0.2, 0.25) is 0 Å². The number of nitrogens with one attached hydrogen (secondary N) is 2. The van der Waals surface area contributed by atoms with Crippen molar-refractivity contribution in [2.45, 2.75) is 0 Å². The molecular formula is C22H14N6O2S4. The third-order valence-electron chi connectivity index (χ3n) is 5.06. The predicted octanol–water partition coefficient (Wildman–Crippen LogP) is 5.85. The molecule has 2 aromatic carbocycles. The van der Waals surface area contributed by atoms with Gasteiger partial charge in [-0.2, -0.15) is 0 Å². The highest BCUT2D eigenvalue weighted by atomic mass is 32.2. The SMILES string of the molecule is Nc1c(C(=O)Nc2nc3ccccc3s2)sc2sc(C(=O)Nc3nc4ccccc4s3)c(N)c12. The largest absolute Gasteiger partial charge is 0.397 e. The summed E-state index contributed by atoms with van der Waals surface area (Å²) in [5, 5.41) is 7.15. The van der Waals surface area contributed by atoms with Gasteiger partial charge in [0.05, 0.1) is 41.2 Å². The summed E-state index contributed by atoms with van der Waals surface area (Å²) in [6.45, 7) is 0. The molecule has 0 unspecified atom stereocenters. The predicted molar refractivity (Wildman–Crippen MR) is 144 cm³/mol. The molecule has 4 heterocycles. The molecule has 8 nitrogen and oxygen atoms in total. The van der Waals surface area contributed by atoms with E-state index in [9.17, 15) is 9.59 Å². The highest BCUT2D eigenvalue weighted by molar-refractivity contribution is 7.40. The number of para-hydroxylation sites is 2. The van der Waals surface area contributed by atoms with E-state index in [-0.39, 0.29) is 23.2 Å². The number of anilines is 4. The summed E-state index contributed by atoms with van der Waals surface area (Å²) in [5.74, 6) is -0.713. The first-order chi connectivity index (χ1) is 16.5. The molecule has 0 aliphatic rings. The summed E-state index contributed by atoms with van der Waals surface area (Å²) in [7, 11) is 0. The van der Waals surface area contributed by atoms with Gasteiger partial charge in [0.2, 0.25) is 0 Å². The normalized spacial score (nSPS) is 11.4. The van der Waals surface area contributed by atoms with Crippen LogP contribution in [-0.4, -0.2) is 21.8 Å². The van der Waals surface area contributed by atoms with Crippen molar-refractivity contribution in [1.29, 1.82) is 0 Å². The minimum Gasteiger partial charge on any atom is -0.397 e. The van der Waals surface area contributed by atoms with Crippen molar-refractivity contribution in [1.82, 2.24) is 9.97 Å². The maximum absolute atomic E-state index is 12.9. The highest BCUT2D eigenvalue weighted by Crippen LogP contribution is 2.45. The van der Waals surface area contributed by atoms with Crippen molar-refractivity contribution in [3.05, 3.63) is 58.3 Å². The van der Waals surface area contributed by atoms with Gasteiger partial charge >= 0.3 is 0 Å². The second-order valence-corrected chi connectivity index (χ2v) is 11.6. The van der Waals surface area contributed by atoms with Crippen LogP contribution in [0, 0.1) is 0 Å². The second-order valence-electron chi connectivity index (χ2n) is 7.23. The molecule has 168 valence electrons. The minimum atomic E-state index is -0.357. The van der Waals surface area contributed by atoms with Gasteiger partial charge < -0.3 is 11.5 Å². The monoisotopic (exact) mass is 522 g/mol. The minimum absolute atomic E-state index is 0.256. The number of nitrogens with zero attached hydrogens (tertiary/aromatic N) is 2. The van der Waals surface area contributed by atoms with E-state index in [1.165, 1.54) is 45.3 Å². The van der Waals surface area contributed by atoms with E-state index in [1.807, 2.05) is 48.5 Å². The fourth-order valence-electron chi connectivity index (χ4n) is 3.51. The number of rotatable bonds is 4. The number of nitrogens with two attached hydrogens (primary N) is 2. The molecule has 0 atom stereocenters. The van der Waals surface area contributed by atoms with Crippen molar-refractivity contribution < 1.29 is 9.59 Å². The molecule has 2 amide bonds. The zero-order chi connectivity index (χ0) is 23.4. The molecule has 34 heavy (non-hydrogen) atoms. The van der Waals surface area contributed by atoms with Crippen LogP contribution < -0.4 is 22.1 Å². The first-order valence-corrected chi connectivity index (χ1v) is 13.2. The first kappa shape index (κ1) is 21.0. The third-order valence-corrected chi connectivity index (χ3v) is 9.46. The molecule has 4 aromatic heterocycles. The van der Waals surface area contributed by atoms with Crippen molar-refractivity contribution in [3.8, 4) is 0 Å². The smallest absolute Gasteiger partial charge is 0.269 e. The Morgan fingerprint density at radius 1 is 0.676 bits per heavy atom. The fourth-order valence-corrected chi connectivity index (χ4v) is 7.62. The molecule has 6 aromatic rings. The molecule has 0 aliphatic carbocycles. The Balaban J connectivity index is 1.27. The van der Waals surface area contributed by atoms with Gasteiger partial charge in [-0.1, -0.05) is 46.9 Å². The number of fused-ring (bicyclic) bond motifs is 3. The zero-order valence-electron chi connectivity index (χ0n) is 17.1. The average molecular weight is 523 g/mol. The Bertz CT molecular complexity index is 1560. The van der Waals surface area contributed by atoms with Crippen LogP contribution >= 0.6 is 45.3 Å². The summed E-state index contributed by atoms with van der Waals surface area (Å²) in [6.07, 6.45) is 0. The Morgan fingerprint density at radius 2 is 1.12 bits per heavy atom. The molecule has 12 heteroatoms. The lowest BCUT2D eigenvalue weighted by Crippen LogP contribution is -2.13. The summed E-state index contributed by atoms with van der Waals surface area (Å²) >= 11 is 5.19. The summed E-state index contributed by atoms with van der Waals surface area (Å²) in [5.41, 5.74) is 14.8. The number of amides is 2. The van der Waals surface area contributed by atoms with Crippen LogP contribution in [-0.2, 0) is 0 Å². The average Bonchev–Trinajstić information content (AvgIpc) is 3.56. The van der Waals surface area contributed by atoms with Crippen LogP contribution in [0.5, 0.6) is 0 Å². The Hall–Kier alpha value is -3.58. The number of carbonyl (C=O) groups excluding carboxylic acids is 2. The maximum atomic E-state index is 12.9. The van der Waals surface area contributed by atoms with Gasteiger partial charge in [0, 0.05) is 0 Å². The number of hydrogen-bond donors (Lipinski definition) is 4. The molecule has 0 saturated carbocycles. The Morgan fingerprint density at radius 3 is 1.53 bits per heavy atom. The maximum Gasteiger partial charge on any atom is 0.269 e. The molecule has 0 spiro atoms. The van der Waals surface area contributed by atoms with E-state index in [1.54, 1.807) is 0 Å². The van der Waals surface area contributed by atoms with Crippen LogP contribution in [0.15, 0.2) is 48.5 Å². The second kappa shape index (κ2) is 8.02. The number of carbonyl (C=O) groups is 2. The highest BCUT2D eigenvalue weighted by Gasteiger charge is 2.25. The molecular weight excluding hydrogens is 509 g/mol. The van der Waals surface area contributed by atoms with E-state index in [0.29, 0.717) is 29.4 Å². The van der Waals surface area contributed by atoms with E-state index in [2.05, 4.69) is 20.6 Å². The van der Waals surface area contributed by atoms with Crippen molar-refractivity contribution in [2.24, 2.45) is 0 Å². The molecule has 0 fully saturated rings. The lowest BCUT2D eigenvalue weighted by Gasteiger charge is -2.02. The lowest BCUT2D eigenvalue weighted by atomic mass is 10.2. The fraction of sp³-hybridized carbons (Fsp3) is 0. The third kappa shape index (κ3) is 3.47. The summed E-state index contributed by atoms with van der Waals surface area (Å²) in [6, 6.07) is 15.3. The Kier molecular flexibility index (Phi) is 4.95. The van der Waals surface area contributed by atoms with Gasteiger partial charge in [-0.25, -0.2) is 9.97 Å². The van der Waals surface area contributed by atoms with Crippen LogP contribution in [0.4, 0.5) is 21.6 Å². The molecule has 6 N–H and O–H groups in total. The molecule has 0 radical (unpaired) electrons. The van der Waals surface area contributed by atoms with Crippen molar-refractivity contribution in [3.63, 3.8) is 0 Å². The van der Waals surface area contributed by atoms with Crippen LogP contribution in [0.3, 0.4) is 0 Å². The number of benzene rings is 2. The van der Waals surface area contributed by atoms with Gasteiger partial charge in [-0.05, 0) is 24.3 Å². The standard InChI is InChI=1S/C22H14N6O2S4/c23-14-13-15(24)17(19(30)28-22-26-10-6-2-4-8-12(10)32-22)34-20(13)33-16(14)18(29)27-21-25-9-5-1-3-7-11(9)31-21/h1-8H,23-24H2,(H,25,27,29)(H,26,28,30). The van der Waals surface area contributed by atoms with Gasteiger partial charge in [0.1, 0.15) is 9.75 Å². The van der Waals surface area contributed by atoms with E-state index in [4.69, 9.17) is 11.5 Å². The van der Waals surface area contributed by atoms with Crippen molar-refractivity contribution >= 4 is 109 Å². The molecule has 0 aliphatic heterocycles. The zero-order valence-corrected chi connectivity index (χ0v) is 20.4. The molecule has 6 rings (SSSR count). The van der Waals surface area contributed by atoms with Crippen LogP contribution in [0.1, 0.15) is 19.3 Å². The topological polar surface area (TPSA) is 136 Å². The van der Waals surface area contributed by atoms with Gasteiger partial charge in [0.25, 0.3) is 11.8 Å².